The first-order valence-electron chi connectivity index (χ1n) is 12.4. The van der Waals surface area contributed by atoms with E-state index in [2.05, 4.69) is 4.98 Å². The first-order chi connectivity index (χ1) is 17.9. The molecule has 0 unspecified atom stereocenters. The van der Waals surface area contributed by atoms with Gasteiger partial charge in [-0.1, -0.05) is 6.07 Å². The molecule has 10 heteroatoms. The number of aromatic nitrogens is 1. The summed E-state index contributed by atoms with van der Waals surface area (Å²) in [6.45, 7) is 11.6. The van der Waals surface area contributed by atoms with E-state index in [0.717, 1.165) is 28.4 Å². The van der Waals surface area contributed by atoms with E-state index in [-0.39, 0.29) is 33.5 Å². The Kier molecular flexibility index (Phi) is 7.10. The van der Waals surface area contributed by atoms with Crippen molar-refractivity contribution in [3.63, 3.8) is 0 Å². The zero-order valence-corrected chi connectivity index (χ0v) is 24.0. The number of benzene rings is 2. The van der Waals surface area contributed by atoms with Gasteiger partial charge in [0.15, 0.2) is 6.10 Å². The largest absolute Gasteiger partial charge is 0.479 e. The molecule has 1 atom stereocenters. The highest BCUT2D eigenvalue weighted by Gasteiger charge is 2.40. The van der Waals surface area contributed by atoms with Gasteiger partial charge in [0, 0.05) is 39.2 Å². The molecule has 0 spiro atoms. The van der Waals surface area contributed by atoms with Gasteiger partial charge in [0.05, 0.1) is 24.1 Å². The standard InChI is InChI=1S/C29H32F2N2O5S/c1-14-9-10-18(17(4)32-14)22-15(2)23-25-19(20(30)11-12-21(25)31)13-33(39(8,36)37)26(23)16(3)24(22)27(28(34)35)38-29(5,6)7/h9-12,27H,13H2,1-8H3,(H,34,35)/t27-/m0/s1. The van der Waals surface area contributed by atoms with Crippen molar-refractivity contribution in [1.29, 1.82) is 0 Å². The lowest BCUT2D eigenvalue weighted by Gasteiger charge is -2.37. The van der Waals surface area contributed by atoms with E-state index in [9.17, 15) is 18.3 Å². The lowest BCUT2D eigenvalue weighted by molar-refractivity contribution is -0.160. The van der Waals surface area contributed by atoms with Gasteiger partial charge in [0.2, 0.25) is 10.0 Å². The third kappa shape index (κ3) is 5.03. The zero-order chi connectivity index (χ0) is 29.2. The average Bonchev–Trinajstić information content (AvgIpc) is 2.80. The molecule has 0 saturated heterocycles. The number of fused-ring (bicyclic) bond motifs is 3. The first kappa shape index (κ1) is 28.6. The van der Waals surface area contributed by atoms with Crippen LogP contribution in [0.4, 0.5) is 14.5 Å². The van der Waals surface area contributed by atoms with Crippen molar-refractivity contribution in [2.45, 2.75) is 66.7 Å². The summed E-state index contributed by atoms with van der Waals surface area (Å²) in [5.74, 6) is -2.71. The molecule has 1 N–H and O–H groups in total. The maximum atomic E-state index is 15.5. The van der Waals surface area contributed by atoms with Gasteiger partial charge in [-0.2, -0.15) is 0 Å². The molecule has 0 saturated carbocycles. The van der Waals surface area contributed by atoms with E-state index in [0.29, 0.717) is 22.4 Å². The predicted octanol–water partition coefficient (Wildman–Crippen LogP) is 6.15. The summed E-state index contributed by atoms with van der Waals surface area (Å²) in [5.41, 5.74) is 2.53. The number of carboxylic acids is 1. The summed E-state index contributed by atoms with van der Waals surface area (Å²) in [5, 5.41) is 10.4. The van der Waals surface area contributed by atoms with Crippen molar-refractivity contribution in [2.75, 3.05) is 10.6 Å². The van der Waals surface area contributed by atoms with E-state index in [4.69, 9.17) is 4.74 Å². The molecule has 0 aliphatic carbocycles. The van der Waals surface area contributed by atoms with Crippen LogP contribution >= 0.6 is 0 Å². The minimum atomic E-state index is -4.00. The van der Waals surface area contributed by atoms with Crippen LogP contribution < -0.4 is 4.31 Å². The van der Waals surface area contributed by atoms with Crippen LogP contribution in [0.25, 0.3) is 22.3 Å². The van der Waals surface area contributed by atoms with Crippen LogP contribution in [0.2, 0.25) is 0 Å². The summed E-state index contributed by atoms with van der Waals surface area (Å²) in [6.07, 6.45) is -0.514. The highest BCUT2D eigenvalue weighted by molar-refractivity contribution is 7.92. The van der Waals surface area contributed by atoms with Crippen LogP contribution in [0.3, 0.4) is 0 Å². The summed E-state index contributed by atoms with van der Waals surface area (Å²) in [7, 11) is -4.00. The van der Waals surface area contributed by atoms with Gasteiger partial charge in [-0.3, -0.25) is 9.29 Å². The Bertz CT molecular complexity index is 1630. The van der Waals surface area contributed by atoms with Crippen molar-refractivity contribution >= 4 is 21.7 Å². The summed E-state index contributed by atoms with van der Waals surface area (Å²) < 4.78 is 63.7. The van der Waals surface area contributed by atoms with Crippen LogP contribution in [-0.2, 0) is 26.1 Å². The van der Waals surface area contributed by atoms with Gasteiger partial charge in [-0.15, -0.1) is 0 Å². The average molecular weight is 559 g/mol. The van der Waals surface area contributed by atoms with Crippen LogP contribution in [0.5, 0.6) is 0 Å². The van der Waals surface area contributed by atoms with Crippen molar-refractivity contribution in [3.05, 3.63) is 69.5 Å². The number of pyridine rings is 1. The second-order valence-electron chi connectivity index (χ2n) is 10.9. The van der Waals surface area contributed by atoms with E-state index in [1.807, 2.05) is 6.92 Å². The Morgan fingerprint density at radius 3 is 2.15 bits per heavy atom. The van der Waals surface area contributed by atoms with Gasteiger partial charge in [-0.25, -0.2) is 22.0 Å². The van der Waals surface area contributed by atoms with Gasteiger partial charge in [0.1, 0.15) is 11.6 Å². The summed E-state index contributed by atoms with van der Waals surface area (Å²) in [4.78, 5) is 17.3. The third-order valence-electron chi connectivity index (χ3n) is 6.87. The Morgan fingerprint density at radius 2 is 1.62 bits per heavy atom. The van der Waals surface area contributed by atoms with Crippen molar-refractivity contribution in [3.8, 4) is 22.3 Å². The highest BCUT2D eigenvalue weighted by Crippen LogP contribution is 2.52. The Labute approximate surface area is 227 Å². The lowest BCUT2D eigenvalue weighted by atomic mass is 9.79. The van der Waals surface area contributed by atoms with Gasteiger partial charge >= 0.3 is 5.97 Å². The number of nitrogens with zero attached hydrogens (tertiary/aromatic N) is 2. The third-order valence-corrected chi connectivity index (χ3v) is 7.99. The molecule has 0 amide bonds. The number of hydrogen-bond donors (Lipinski definition) is 1. The summed E-state index contributed by atoms with van der Waals surface area (Å²) >= 11 is 0. The Hall–Kier alpha value is -3.37. The Balaban J connectivity index is 2.29. The molecular formula is C29H32F2N2O5S. The smallest absolute Gasteiger partial charge is 0.337 e. The summed E-state index contributed by atoms with van der Waals surface area (Å²) in [6, 6.07) is 5.56. The van der Waals surface area contributed by atoms with Crippen LogP contribution in [0, 0.1) is 39.3 Å². The molecule has 39 heavy (non-hydrogen) atoms. The number of aryl methyl sites for hydroxylation is 2. The maximum absolute atomic E-state index is 15.5. The normalized spacial score (nSPS) is 14.2. The molecule has 0 radical (unpaired) electrons. The van der Waals surface area contributed by atoms with E-state index >= 15 is 8.78 Å². The monoisotopic (exact) mass is 558 g/mol. The fraction of sp³-hybridized carbons (Fsp3) is 0.379. The van der Waals surface area contributed by atoms with Crippen LogP contribution in [0.15, 0.2) is 24.3 Å². The number of carboxylic acid groups (broad SMARTS) is 1. The van der Waals surface area contributed by atoms with E-state index < -0.39 is 45.9 Å². The first-order valence-corrected chi connectivity index (χ1v) is 14.3. The second-order valence-corrected chi connectivity index (χ2v) is 12.9. The number of hydrogen-bond acceptors (Lipinski definition) is 5. The molecule has 2 aromatic carbocycles. The quantitative estimate of drug-likeness (QED) is 0.404. The predicted molar refractivity (Wildman–Crippen MR) is 146 cm³/mol. The van der Waals surface area contributed by atoms with E-state index in [1.165, 1.54) is 0 Å². The molecule has 3 aromatic rings. The molecule has 0 bridgehead atoms. The van der Waals surface area contributed by atoms with Crippen molar-refractivity contribution in [2.24, 2.45) is 0 Å². The molecule has 7 nitrogen and oxygen atoms in total. The van der Waals surface area contributed by atoms with Gasteiger partial charge in [-0.05, 0) is 83.4 Å². The number of sulfonamides is 1. The lowest BCUT2D eigenvalue weighted by Crippen LogP contribution is -2.35. The number of ether oxygens (including phenoxy) is 1. The number of halogens is 2. The van der Waals surface area contributed by atoms with Crippen LogP contribution in [-0.4, -0.2) is 36.3 Å². The van der Waals surface area contributed by atoms with Crippen molar-refractivity contribution in [1.82, 2.24) is 4.98 Å². The van der Waals surface area contributed by atoms with Crippen LogP contribution in [0.1, 0.15) is 60.5 Å². The van der Waals surface area contributed by atoms with E-state index in [1.54, 1.807) is 53.7 Å². The Morgan fingerprint density at radius 1 is 1.00 bits per heavy atom. The molecule has 1 aromatic heterocycles. The fourth-order valence-electron chi connectivity index (χ4n) is 5.36. The number of aliphatic carboxylic acids is 1. The zero-order valence-electron chi connectivity index (χ0n) is 23.2. The maximum Gasteiger partial charge on any atom is 0.337 e. The van der Waals surface area contributed by atoms with Crippen molar-refractivity contribution < 1.29 is 31.8 Å². The minimum Gasteiger partial charge on any atom is -0.479 e. The minimum absolute atomic E-state index is 0.0420. The highest BCUT2D eigenvalue weighted by atomic mass is 32.2. The fourth-order valence-corrected chi connectivity index (χ4v) is 6.28. The number of carbonyl (C=O) groups is 1. The molecule has 4 rings (SSSR count). The molecule has 2 heterocycles. The number of anilines is 1. The molecule has 0 fully saturated rings. The number of rotatable bonds is 5. The molecule has 208 valence electrons. The molecular weight excluding hydrogens is 526 g/mol. The molecule has 1 aliphatic rings. The topological polar surface area (TPSA) is 96.8 Å². The SMILES string of the molecule is Cc1ccc(-c2c(C)c3c(c(C)c2[C@H](OC(C)(C)C)C(=O)O)N(S(C)(=O)=O)Cc2c(F)ccc(F)c2-3)c(C)n1. The van der Waals surface area contributed by atoms with Gasteiger partial charge in [0.25, 0.3) is 0 Å². The van der Waals surface area contributed by atoms with Gasteiger partial charge < -0.3 is 9.84 Å². The second kappa shape index (κ2) is 9.67. The molecule has 1 aliphatic heterocycles.